The molecule has 4 aromatic rings. The Morgan fingerprint density at radius 3 is 1.23 bits per heavy atom. The Hall–Kier alpha value is -1.97. The van der Waals surface area contributed by atoms with Gasteiger partial charge in [-0.1, -0.05) is 25.0 Å². The molecule has 0 saturated carbocycles. The summed E-state index contributed by atoms with van der Waals surface area (Å²) in [7, 11) is 0. The maximum Gasteiger partial charge on any atom is 0.230 e. The predicted molar refractivity (Wildman–Crippen MR) is 126 cm³/mol. The maximum atomic E-state index is 12.5. The summed E-state index contributed by atoms with van der Waals surface area (Å²) in [6.07, 6.45) is 0. The number of hydrogen-bond acceptors (Lipinski definition) is 4. The zero-order valence-corrected chi connectivity index (χ0v) is 25.3. The molecular weight excluding hydrogens is 590 g/mol. The summed E-state index contributed by atoms with van der Waals surface area (Å²) in [4.78, 5) is 25.1. The molecule has 0 saturated heterocycles. The Balaban J connectivity index is 0.00000216. The zero-order chi connectivity index (χ0) is 23.2. The van der Waals surface area contributed by atoms with Gasteiger partial charge in [-0.05, 0) is 48.5 Å². The molecule has 0 aliphatic carbocycles. The minimum Gasteiger partial charge on any atom is -0.458 e. The third kappa shape index (κ3) is 8.01. The third-order valence-electron chi connectivity index (χ3n) is 5.15. The van der Waals surface area contributed by atoms with E-state index in [-0.39, 0.29) is 83.8 Å². The molecule has 4 aromatic carbocycles. The molecular formula is C29H22O4Y2-2. The van der Waals surface area contributed by atoms with Crippen molar-refractivity contribution in [2.75, 3.05) is 6.79 Å². The molecule has 0 atom stereocenters. The van der Waals surface area contributed by atoms with Gasteiger partial charge in [0.25, 0.3) is 0 Å². The van der Waals surface area contributed by atoms with Crippen LogP contribution in [0.4, 0.5) is 0 Å². The SMILES string of the molecule is Cc1[c-]cc(C(=O)c2ccc(OCOc3ccc(C(=O)c4c[c-]c(C)cc4)cc3)cc2)cc1.[Y].[Y]. The molecule has 0 aliphatic rings. The minimum atomic E-state index is -0.0628. The average Bonchev–Trinajstić information content (AvgIpc) is 2.85. The van der Waals surface area contributed by atoms with E-state index in [9.17, 15) is 9.59 Å². The Bertz CT molecular complexity index is 1150. The van der Waals surface area contributed by atoms with Gasteiger partial charge in [-0.25, -0.2) is 0 Å². The first-order valence-electron chi connectivity index (χ1n) is 10.5. The third-order valence-corrected chi connectivity index (χ3v) is 5.15. The fourth-order valence-electron chi connectivity index (χ4n) is 3.19. The molecule has 0 amide bonds. The molecule has 6 heteroatoms. The van der Waals surface area contributed by atoms with Crippen molar-refractivity contribution in [3.05, 3.63) is 130 Å². The largest absolute Gasteiger partial charge is 0.458 e. The fraction of sp³-hybridized carbons (Fsp3) is 0.103. The standard InChI is InChI=1S/C29H22O4.2Y/c1-20-3-7-22(8-4-20)28(30)24-11-15-26(16-12-24)32-19-33-27-17-13-25(14-18-27)29(31)23-9-5-21(2)6-10-23;;/h3,5,7-18H,19H2,1-2H3;;/q-2;;. The van der Waals surface area contributed by atoms with Crippen LogP contribution in [0, 0.1) is 26.0 Å². The first-order chi connectivity index (χ1) is 16.0. The van der Waals surface area contributed by atoms with Crippen molar-refractivity contribution in [1.29, 1.82) is 0 Å². The van der Waals surface area contributed by atoms with Gasteiger partial charge in [-0.2, -0.15) is 59.7 Å². The first-order valence-corrected chi connectivity index (χ1v) is 10.5. The summed E-state index contributed by atoms with van der Waals surface area (Å²) in [5, 5.41) is 0. The number of aryl methyl sites for hydroxylation is 2. The molecule has 0 spiro atoms. The number of carbonyl (C=O) groups is 2. The molecule has 0 heterocycles. The Morgan fingerprint density at radius 1 is 0.571 bits per heavy atom. The van der Waals surface area contributed by atoms with Gasteiger partial charge in [0, 0.05) is 76.5 Å². The number of rotatable bonds is 8. The summed E-state index contributed by atoms with van der Waals surface area (Å²) >= 11 is 0. The summed E-state index contributed by atoms with van der Waals surface area (Å²) in [5.41, 5.74) is 4.32. The maximum absolute atomic E-state index is 12.5. The van der Waals surface area contributed by atoms with Crippen LogP contribution in [0.5, 0.6) is 11.5 Å². The second-order valence-electron chi connectivity index (χ2n) is 7.63. The predicted octanol–water partition coefficient (Wildman–Crippen LogP) is 5.78. The molecule has 170 valence electrons. The topological polar surface area (TPSA) is 52.6 Å². The quantitative estimate of drug-likeness (QED) is 0.144. The van der Waals surface area contributed by atoms with Gasteiger partial charge in [-0.3, -0.25) is 0 Å². The molecule has 0 aromatic heterocycles. The molecule has 4 rings (SSSR count). The van der Waals surface area contributed by atoms with Crippen LogP contribution in [-0.4, -0.2) is 18.4 Å². The van der Waals surface area contributed by atoms with Crippen LogP contribution in [0.1, 0.15) is 43.0 Å². The van der Waals surface area contributed by atoms with Crippen LogP contribution in [0.15, 0.2) is 84.9 Å². The van der Waals surface area contributed by atoms with Crippen molar-refractivity contribution < 1.29 is 84.5 Å². The van der Waals surface area contributed by atoms with E-state index in [1.807, 2.05) is 26.0 Å². The normalized spacial score (nSPS) is 9.89. The fourth-order valence-corrected chi connectivity index (χ4v) is 3.19. The second-order valence-corrected chi connectivity index (χ2v) is 7.63. The Morgan fingerprint density at radius 2 is 0.914 bits per heavy atom. The van der Waals surface area contributed by atoms with E-state index in [4.69, 9.17) is 9.47 Å². The van der Waals surface area contributed by atoms with Crippen molar-refractivity contribution in [1.82, 2.24) is 0 Å². The number of hydrogen-bond donors (Lipinski definition) is 0. The number of benzene rings is 4. The van der Waals surface area contributed by atoms with E-state index in [1.165, 1.54) is 0 Å². The van der Waals surface area contributed by atoms with Crippen LogP contribution in [-0.2, 0) is 65.4 Å². The Kier molecular flexibility index (Phi) is 11.7. The molecule has 0 bridgehead atoms. The molecule has 4 nitrogen and oxygen atoms in total. The summed E-state index contributed by atoms with van der Waals surface area (Å²) < 4.78 is 11.2. The molecule has 0 N–H and O–H groups in total. The molecule has 0 unspecified atom stereocenters. The van der Waals surface area contributed by atoms with Gasteiger partial charge in [0.1, 0.15) is 23.1 Å². The van der Waals surface area contributed by atoms with E-state index >= 15 is 0 Å². The van der Waals surface area contributed by atoms with Crippen molar-refractivity contribution >= 4 is 11.6 Å². The van der Waals surface area contributed by atoms with Gasteiger partial charge in [-0.15, -0.1) is 0 Å². The summed E-state index contributed by atoms with van der Waals surface area (Å²) in [6.45, 7) is 3.86. The van der Waals surface area contributed by atoms with E-state index < -0.39 is 0 Å². The van der Waals surface area contributed by atoms with Gasteiger partial charge in [0.2, 0.25) is 6.79 Å². The monoisotopic (exact) mass is 612 g/mol. The Labute approximate surface area is 256 Å². The number of carbonyl (C=O) groups excluding carboxylic acids is 2. The minimum absolute atomic E-state index is 0. The van der Waals surface area contributed by atoms with E-state index in [2.05, 4.69) is 12.1 Å². The van der Waals surface area contributed by atoms with Gasteiger partial charge >= 0.3 is 0 Å². The van der Waals surface area contributed by atoms with Crippen LogP contribution in [0.25, 0.3) is 0 Å². The number of ketones is 2. The smallest absolute Gasteiger partial charge is 0.230 e. The van der Waals surface area contributed by atoms with Crippen molar-refractivity contribution in [3.8, 4) is 11.5 Å². The van der Waals surface area contributed by atoms with E-state index in [1.54, 1.807) is 72.8 Å². The average molecular weight is 612 g/mol. The molecule has 35 heavy (non-hydrogen) atoms. The summed E-state index contributed by atoms with van der Waals surface area (Å²) in [6, 6.07) is 30.6. The van der Waals surface area contributed by atoms with Crippen LogP contribution in [0.2, 0.25) is 0 Å². The number of ether oxygens (including phenoxy) is 2. The van der Waals surface area contributed by atoms with Crippen LogP contribution < -0.4 is 9.47 Å². The molecule has 2 radical (unpaired) electrons. The van der Waals surface area contributed by atoms with Gasteiger partial charge in [0.15, 0.2) is 0 Å². The first kappa shape index (κ1) is 29.3. The molecule has 0 fully saturated rings. The molecule has 0 aliphatic heterocycles. The van der Waals surface area contributed by atoms with Crippen molar-refractivity contribution in [3.63, 3.8) is 0 Å². The van der Waals surface area contributed by atoms with Crippen LogP contribution >= 0.6 is 0 Å². The zero-order valence-electron chi connectivity index (χ0n) is 19.6. The van der Waals surface area contributed by atoms with Gasteiger partial charge in [0.05, 0.1) is 0 Å². The summed E-state index contributed by atoms with van der Waals surface area (Å²) in [5.74, 6) is 1.05. The van der Waals surface area contributed by atoms with E-state index in [0.717, 1.165) is 11.1 Å². The van der Waals surface area contributed by atoms with E-state index in [0.29, 0.717) is 33.8 Å². The van der Waals surface area contributed by atoms with Crippen molar-refractivity contribution in [2.45, 2.75) is 13.8 Å². The van der Waals surface area contributed by atoms with Gasteiger partial charge < -0.3 is 19.1 Å². The second kappa shape index (κ2) is 13.9. The van der Waals surface area contributed by atoms with Crippen LogP contribution in [0.3, 0.4) is 0 Å². The van der Waals surface area contributed by atoms with Crippen molar-refractivity contribution in [2.24, 2.45) is 0 Å².